The van der Waals surface area contributed by atoms with Gasteiger partial charge in [-0.25, -0.2) is 0 Å². The zero-order valence-electron chi connectivity index (χ0n) is 22.6. The number of carboxylic acid groups (broad SMARTS) is 1. The molecule has 0 spiro atoms. The Hall–Kier alpha value is -3.72. The van der Waals surface area contributed by atoms with Gasteiger partial charge in [0, 0.05) is 19.4 Å². The van der Waals surface area contributed by atoms with E-state index < -0.39 is 35.6 Å². The van der Waals surface area contributed by atoms with Gasteiger partial charge < -0.3 is 28.8 Å². The van der Waals surface area contributed by atoms with Gasteiger partial charge in [0.25, 0.3) is 11.8 Å². The summed E-state index contributed by atoms with van der Waals surface area (Å²) < 4.78 is 26.8. The predicted molar refractivity (Wildman–Crippen MR) is 138 cm³/mol. The maximum Gasteiger partial charge on any atom is 0.305 e. The number of ketones is 1. The van der Waals surface area contributed by atoms with E-state index in [1.165, 1.54) is 18.2 Å². The molecule has 224 valence electrons. The van der Waals surface area contributed by atoms with E-state index in [2.05, 4.69) is 5.32 Å². The molecule has 1 fully saturated rings. The molecule has 2 aliphatic rings. The minimum Gasteiger partial charge on any atom is -0.485 e. The molecular weight excluding hydrogens is 544 g/mol. The number of amides is 4. The first-order valence-corrected chi connectivity index (χ1v) is 13.3. The van der Waals surface area contributed by atoms with Gasteiger partial charge in [0.15, 0.2) is 5.78 Å². The molecule has 0 aliphatic carbocycles. The second-order valence-electron chi connectivity index (χ2n) is 9.15. The molecular formula is C27H34N2O12. The SMILES string of the molecule is O=C(O)CCOCCOCCOCCOCCCC(=O)COc1cccc2c1C(=O)N(C1CCC(=O)NC1=O)C2=O. The molecule has 14 heteroatoms. The minimum atomic E-state index is -1.09. The Morgan fingerprint density at radius 2 is 1.49 bits per heavy atom. The van der Waals surface area contributed by atoms with E-state index >= 15 is 0 Å². The third-order valence-corrected chi connectivity index (χ3v) is 6.14. The summed E-state index contributed by atoms with van der Waals surface area (Å²) in [6, 6.07) is 3.37. The first-order chi connectivity index (χ1) is 19.8. The van der Waals surface area contributed by atoms with Crippen LogP contribution >= 0.6 is 0 Å². The van der Waals surface area contributed by atoms with Crippen molar-refractivity contribution in [3.05, 3.63) is 29.3 Å². The van der Waals surface area contributed by atoms with Crippen LogP contribution in [0.15, 0.2) is 18.2 Å². The molecule has 1 aromatic rings. The summed E-state index contributed by atoms with van der Waals surface area (Å²) in [7, 11) is 0. The summed E-state index contributed by atoms with van der Waals surface area (Å²) in [6.45, 7) is 2.30. The highest BCUT2D eigenvalue weighted by atomic mass is 16.6. The maximum atomic E-state index is 13.1. The third-order valence-electron chi connectivity index (χ3n) is 6.14. The molecule has 1 atom stereocenters. The molecule has 0 radical (unpaired) electrons. The van der Waals surface area contributed by atoms with E-state index in [1.54, 1.807) is 0 Å². The van der Waals surface area contributed by atoms with E-state index in [0.29, 0.717) is 52.7 Å². The van der Waals surface area contributed by atoms with E-state index in [4.69, 9.17) is 28.8 Å². The van der Waals surface area contributed by atoms with Crippen molar-refractivity contribution in [3.8, 4) is 5.75 Å². The van der Waals surface area contributed by atoms with Gasteiger partial charge in [0.05, 0.1) is 63.8 Å². The van der Waals surface area contributed by atoms with Gasteiger partial charge in [-0.05, 0) is 25.0 Å². The number of carbonyl (C=O) groups is 6. The Kier molecular flexibility index (Phi) is 12.8. The molecule has 0 saturated carbocycles. The standard InChI is InChI=1S/C27H34N2O12/c30-18(3-2-9-37-11-13-39-15-16-40-14-12-38-10-8-23(32)33)17-41-21-5-1-4-19-24(21)27(36)29(26(19)35)20-6-7-22(31)28-25(20)34/h1,4-5,20H,2-3,6-17H2,(H,32,33)(H,28,31,34). The van der Waals surface area contributed by atoms with E-state index in [9.17, 15) is 28.8 Å². The number of piperidine rings is 1. The molecule has 1 aromatic carbocycles. The monoisotopic (exact) mass is 578 g/mol. The average Bonchev–Trinajstić information content (AvgIpc) is 3.19. The van der Waals surface area contributed by atoms with Gasteiger partial charge in [-0.3, -0.25) is 39.0 Å². The molecule has 14 nitrogen and oxygen atoms in total. The Bertz CT molecular complexity index is 1120. The molecule has 1 saturated heterocycles. The normalized spacial score (nSPS) is 16.6. The lowest BCUT2D eigenvalue weighted by molar-refractivity contribution is -0.138. The van der Waals surface area contributed by atoms with Crippen molar-refractivity contribution in [2.24, 2.45) is 0 Å². The zero-order chi connectivity index (χ0) is 29.6. The smallest absolute Gasteiger partial charge is 0.305 e. The molecule has 2 aliphatic heterocycles. The summed E-state index contributed by atoms with van der Waals surface area (Å²) in [5, 5.41) is 10.6. The number of nitrogens with zero attached hydrogens (tertiary/aromatic N) is 1. The fourth-order valence-electron chi connectivity index (χ4n) is 4.13. The van der Waals surface area contributed by atoms with Crippen molar-refractivity contribution >= 4 is 35.4 Å². The van der Waals surface area contributed by atoms with Gasteiger partial charge >= 0.3 is 5.97 Å². The van der Waals surface area contributed by atoms with Crippen molar-refractivity contribution in [2.45, 2.75) is 38.1 Å². The van der Waals surface area contributed by atoms with E-state index in [0.717, 1.165) is 4.90 Å². The number of aliphatic carboxylic acids is 1. The van der Waals surface area contributed by atoms with Crippen LogP contribution in [0.25, 0.3) is 0 Å². The van der Waals surface area contributed by atoms with Crippen LogP contribution in [0.1, 0.15) is 52.8 Å². The number of carbonyl (C=O) groups excluding carboxylic acids is 5. The lowest BCUT2D eigenvalue weighted by Crippen LogP contribution is -2.54. The maximum absolute atomic E-state index is 13.1. The Labute approximate surface area is 236 Å². The van der Waals surface area contributed by atoms with Crippen molar-refractivity contribution in [1.29, 1.82) is 0 Å². The highest BCUT2D eigenvalue weighted by molar-refractivity contribution is 6.24. The fourth-order valence-corrected chi connectivity index (χ4v) is 4.13. The molecule has 1 unspecified atom stereocenters. The van der Waals surface area contributed by atoms with Gasteiger partial charge in [0.2, 0.25) is 11.8 Å². The summed E-state index contributed by atoms with van der Waals surface area (Å²) in [5.41, 5.74) is 0.0710. The number of Topliss-reactive ketones (excluding diaryl/α,β-unsaturated/α-hetero) is 1. The second kappa shape index (κ2) is 16.5. The van der Waals surface area contributed by atoms with Crippen LogP contribution in [0.5, 0.6) is 5.75 Å². The topological polar surface area (TPSA) is 184 Å². The summed E-state index contributed by atoms with van der Waals surface area (Å²) >= 11 is 0. The lowest BCUT2D eigenvalue weighted by atomic mass is 10.0. The molecule has 2 N–H and O–H groups in total. The fraction of sp³-hybridized carbons (Fsp3) is 0.556. The summed E-state index contributed by atoms with van der Waals surface area (Å²) in [6.07, 6.45) is 0.667. The second-order valence-corrected chi connectivity index (χ2v) is 9.15. The van der Waals surface area contributed by atoms with E-state index in [-0.39, 0.29) is 61.6 Å². The van der Waals surface area contributed by atoms with Crippen molar-refractivity contribution in [2.75, 3.05) is 59.5 Å². The molecule has 0 bridgehead atoms. The Balaban J connectivity index is 1.27. The van der Waals surface area contributed by atoms with Crippen LogP contribution in [0, 0.1) is 0 Å². The largest absolute Gasteiger partial charge is 0.485 e. The van der Waals surface area contributed by atoms with Crippen LogP contribution in [-0.2, 0) is 38.1 Å². The molecule has 0 aromatic heterocycles. The predicted octanol–water partition coefficient (Wildman–Crippen LogP) is 0.357. The third kappa shape index (κ3) is 9.70. The van der Waals surface area contributed by atoms with Gasteiger partial charge in [-0.1, -0.05) is 6.07 Å². The van der Waals surface area contributed by atoms with Crippen LogP contribution < -0.4 is 10.1 Å². The zero-order valence-corrected chi connectivity index (χ0v) is 22.6. The first kappa shape index (κ1) is 31.8. The summed E-state index contributed by atoms with van der Waals surface area (Å²) in [4.78, 5) is 73.1. The van der Waals surface area contributed by atoms with Crippen LogP contribution in [0.3, 0.4) is 0 Å². The average molecular weight is 579 g/mol. The number of hydrogen-bond acceptors (Lipinski definition) is 11. The first-order valence-electron chi connectivity index (χ1n) is 13.3. The quantitative estimate of drug-likeness (QED) is 0.160. The van der Waals surface area contributed by atoms with Gasteiger partial charge in [-0.15, -0.1) is 0 Å². The number of imide groups is 2. The van der Waals surface area contributed by atoms with Crippen LogP contribution in [0.4, 0.5) is 0 Å². The summed E-state index contributed by atoms with van der Waals surface area (Å²) in [5.74, 6) is -3.56. The van der Waals surface area contributed by atoms with Gasteiger partial charge in [-0.2, -0.15) is 0 Å². The Morgan fingerprint density at radius 3 is 2.12 bits per heavy atom. The molecule has 41 heavy (non-hydrogen) atoms. The number of hydrogen-bond donors (Lipinski definition) is 2. The number of carboxylic acids is 1. The number of benzene rings is 1. The van der Waals surface area contributed by atoms with Crippen LogP contribution in [-0.4, -0.2) is 111 Å². The number of nitrogens with one attached hydrogen (secondary N) is 1. The Morgan fingerprint density at radius 1 is 0.854 bits per heavy atom. The molecule has 4 amide bonds. The highest BCUT2D eigenvalue weighted by Crippen LogP contribution is 2.33. The molecule has 2 heterocycles. The number of ether oxygens (including phenoxy) is 5. The van der Waals surface area contributed by atoms with Gasteiger partial charge in [0.1, 0.15) is 18.4 Å². The van der Waals surface area contributed by atoms with Crippen molar-refractivity contribution in [1.82, 2.24) is 10.2 Å². The number of fused-ring (bicyclic) bond motifs is 1. The van der Waals surface area contributed by atoms with Crippen molar-refractivity contribution in [3.63, 3.8) is 0 Å². The van der Waals surface area contributed by atoms with Crippen molar-refractivity contribution < 1.29 is 57.6 Å². The number of rotatable bonds is 20. The molecule has 3 rings (SSSR count). The minimum absolute atomic E-state index is 0.00666. The van der Waals surface area contributed by atoms with E-state index in [1.807, 2.05) is 0 Å². The van der Waals surface area contributed by atoms with Crippen LogP contribution in [0.2, 0.25) is 0 Å². The highest BCUT2D eigenvalue weighted by Gasteiger charge is 2.46. The lowest BCUT2D eigenvalue weighted by Gasteiger charge is -2.27.